The number of nitrogen functional groups attached to an aromatic ring is 1. The van der Waals surface area contributed by atoms with Crippen molar-refractivity contribution in [3.8, 4) is 16.9 Å². The summed E-state index contributed by atoms with van der Waals surface area (Å²) in [6.45, 7) is 0. The van der Waals surface area contributed by atoms with Crippen LogP contribution in [0.3, 0.4) is 0 Å². The Balaban J connectivity index is 1.70. The molecule has 0 amide bonds. The molecule has 1 unspecified atom stereocenters. The minimum atomic E-state index is 0.0756. The monoisotopic (exact) mass is 385 g/mol. The normalized spacial score (nSPS) is 11.9. The molecule has 2 aromatic heterocycles. The van der Waals surface area contributed by atoms with Gasteiger partial charge in [-0.3, -0.25) is 0 Å². The predicted octanol–water partition coefficient (Wildman–Crippen LogP) is 3.84. The number of aromatic nitrogens is 4. The lowest BCUT2D eigenvalue weighted by Gasteiger charge is -2.17. The molecule has 2 aromatic carbocycles. The van der Waals surface area contributed by atoms with Gasteiger partial charge in [-0.05, 0) is 35.2 Å². The zero-order valence-electron chi connectivity index (χ0n) is 16.5. The fraction of sp³-hybridized carbons (Fsp3) is 0.174. The summed E-state index contributed by atoms with van der Waals surface area (Å²) in [6, 6.07) is 16.6. The van der Waals surface area contributed by atoms with Crippen LogP contribution < -0.4 is 10.5 Å². The van der Waals surface area contributed by atoms with E-state index in [-0.39, 0.29) is 5.92 Å². The molecule has 1 atom stereocenters. The molecule has 6 nitrogen and oxygen atoms in total. The van der Waals surface area contributed by atoms with Gasteiger partial charge in [-0.25, -0.2) is 15.0 Å². The van der Waals surface area contributed by atoms with Gasteiger partial charge in [0.2, 0.25) is 0 Å². The van der Waals surface area contributed by atoms with Gasteiger partial charge in [0.05, 0.1) is 12.8 Å². The summed E-state index contributed by atoms with van der Waals surface area (Å²) in [6.07, 6.45) is 7.99. The van der Waals surface area contributed by atoms with Crippen molar-refractivity contribution in [2.75, 3.05) is 12.8 Å². The molecular weight excluding hydrogens is 362 g/mol. The largest absolute Gasteiger partial charge is 0.497 e. The van der Waals surface area contributed by atoms with E-state index in [0.29, 0.717) is 5.95 Å². The van der Waals surface area contributed by atoms with Crippen molar-refractivity contribution in [1.29, 1.82) is 0 Å². The van der Waals surface area contributed by atoms with Crippen LogP contribution in [0.4, 0.5) is 5.95 Å². The van der Waals surface area contributed by atoms with Crippen LogP contribution in [0, 0.1) is 0 Å². The maximum absolute atomic E-state index is 6.01. The summed E-state index contributed by atoms with van der Waals surface area (Å²) < 4.78 is 7.16. The summed E-state index contributed by atoms with van der Waals surface area (Å²) in [7, 11) is 3.58. The molecule has 0 saturated carbocycles. The fourth-order valence-electron chi connectivity index (χ4n) is 3.46. The van der Waals surface area contributed by atoms with E-state index in [2.05, 4.69) is 51.4 Å². The summed E-state index contributed by atoms with van der Waals surface area (Å²) in [5, 5.41) is 0. The summed E-state index contributed by atoms with van der Waals surface area (Å²) in [5.41, 5.74) is 11.4. The Labute approximate surface area is 170 Å². The molecule has 2 N–H and O–H groups in total. The molecule has 0 saturated heterocycles. The number of hydrogen-bond donors (Lipinski definition) is 1. The minimum Gasteiger partial charge on any atom is -0.497 e. The Bertz CT molecular complexity index is 1070. The van der Waals surface area contributed by atoms with E-state index in [0.717, 1.165) is 34.6 Å². The topological polar surface area (TPSA) is 78.9 Å². The van der Waals surface area contributed by atoms with Crippen molar-refractivity contribution in [3.05, 3.63) is 90.3 Å². The number of nitrogens with zero attached hydrogens (tertiary/aromatic N) is 4. The Morgan fingerprint density at radius 2 is 1.79 bits per heavy atom. The van der Waals surface area contributed by atoms with E-state index in [4.69, 9.17) is 10.5 Å². The first kappa shape index (κ1) is 18.7. The van der Waals surface area contributed by atoms with Crippen molar-refractivity contribution in [1.82, 2.24) is 19.5 Å². The Kier molecular flexibility index (Phi) is 5.24. The quantitative estimate of drug-likeness (QED) is 0.545. The SMILES string of the molecule is COc1ccc(C(Cc2cccc(-c3cncnc3)c2)c2cn(C)c(N)n2)cc1. The van der Waals surface area contributed by atoms with Crippen molar-refractivity contribution in [2.45, 2.75) is 12.3 Å². The summed E-state index contributed by atoms with van der Waals surface area (Å²) >= 11 is 0. The van der Waals surface area contributed by atoms with Gasteiger partial charge >= 0.3 is 0 Å². The number of anilines is 1. The molecule has 0 bridgehead atoms. The molecule has 0 aliphatic rings. The predicted molar refractivity (Wildman–Crippen MR) is 114 cm³/mol. The molecule has 6 heteroatoms. The van der Waals surface area contributed by atoms with Gasteiger partial charge in [0.1, 0.15) is 12.1 Å². The third-order valence-corrected chi connectivity index (χ3v) is 5.07. The van der Waals surface area contributed by atoms with E-state index >= 15 is 0 Å². The van der Waals surface area contributed by atoms with E-state index in [9.17, 15) is 0 Å². The van der Waals surface area contributed by atoms with Gasteiger partial charge in [0.15, 0.2) is 5.95 Å². The number of ether oxygens (including phenoxy) is 1. The second-order valence-corrected chi connectivity index (χ2v) is 6.99. The van der Waals surface area contributed by atoms with Crippen molar-refractivity contribution in [2.24, 2.45) is 7.05 Å². The number of methoxy groups -OCH3 is 1. The van der Waals surface area contributed by atoms with Gasteiger partial charge in [-0.2, -0.15) is 0 Å². The van der Waals surface area contributed by atoms with E-state index in [1.54, 1.807) is 13.4 Å². The molecule has 4 aromatic rings. The summed E-state index contributed by atoms with van der Waals surface area (Å²) in [5.74, 6) is 1.42. The molecule has 0 fully saturated rings. The average molecular weight is 385 g/mol. The molecule has 0 spiro atoms. The zero-order valence-corrected chi connectivity index (χ0v) is 16.5. The van der Waals surface area contributed by atoms with Gasteiger partial charge < -0.3 is 15.0 Å². The number of rotatable bonds is 6. The molecule has 29 heavy (non-hydrogen) atoms. The lowest BCUT2D eigenvalue weighted by Crippen LogP contribution is -2.06. The highest BCUT2D eigenvalue weighted by Crippen LogP contribution is 2.31. The second-order valence-electron chi connectivity index (χ2n) is 6.99. The van der Waals surface area contributed by atoms with Gasteiger partial charge in [0, 0.05) is 37.1 Å². The second kappa shape index (κ2) is 8.14. The Morgan fingerprint density at radius 1 is 1.03 bits per heavy atom. The molecular formula is C23H23N5O. The third kappa shape index (κ3) is 4.11. The first-order valence-electron chi connectivity index (χ1n) is 9.41. The van der Waals surface area contributed by atoms with Gasteiger partial charge in [-0.1, -0.05) is 36.4 Å². The zero-order chi connectivity index (χ0) is 20.2. The lowest BCUT2D eigenvalue weighted by molar-refractivity contribution is 0.414. The van der Waals surface area contributed by atoms with Crippen LogP contribution >= 0.6 is 0 Å². The summed E-state index contributed by atoms with van der Waals surface area (Å²) in [4.78, 5) is 12.8. The maximum Gasteiger partial charge on any atom is 0.200 e. The van der Waals surface area contributed by atoms with Crippen LogP contribution in [-0.2, 0) is 13.5 Å². The van der Waals surface area contributed by atoms with Crippen molar-refractivity contribution in [3.63, 3.8) is 0 Å². The first-order chi connectivity index (χ1) is 14.1. The molecule has 146 valence electrons. The third-order valence-electron chi connectivity index (χ3n) is 5.07. The van der Waals surface area contributed by atoms with Gasteiger partial charge in [-0.15, -0.1) is 0 Å². The van der Waals surface area contributed by atoms with E-state index in [1.807, 2.05) is 42.3 Å². The van der Waals surface area contributed by atoms with Gasteiger partial charge in [0.25, 0.3) is 0 Å². The molecule has 2 heterocycles. The van der Waals surface area contributed by atoms with Crippen LogP contribution in [0.5, 0.6) is 5.75 Å². The highest BCUT2D eigenvalue weighted by molar-refractivity contribution is 5.62. The van der Waals surface area contributed by atoms with Crippen molar-refractivity contribution < 1.29 is 4.74 Å². The number of hydrogen-bond acceptors (Lipinski definition) is 5. The van der Waals surface area contributed by atoms with Crippen LogP contribution in [0.25, 0.3) is 11.1 Å². The van der Waals surface area contributed by atoms with Crippen LogP contribution in [-0.4, -0.2) is 26.6 Å². The molecule has 0 radical (unpaired) electrons. The number of nitrogens with two attached hydrogens (primary N) is 1. The number of benzene rings is 2. The average Bonchev–Trinajstić information content (AvgIpc) is 3.11. The molecule has 0 aliphatic carbocycles. The highest BCUT2D eigenvalue weighted by Gasteiger charge is 2.19. The number of imidazole rings is 1. The minimum absolute atomic E-state index is 0.0756. The Morgan fingerprint density at radius 3 is 2.45 bits per heavy atom. The standard InChI is InChI=1S/C23H23N5O/c1-28-14-22(27-23(28)24)21(17-6-8-20(29-2)9-7-17)11-16-4-3-5-18(10-16)19-12-25-15-26-13-19/h3-10,12-15,21H,11H2,1-2H3,(H2,24,27). The smallest absolute Gasteiger partial charge is 0.200 e. The van der Waals surface area contributed by atoms with Crippen LogP contribution in [0.1, 0.15) is 22.7 Å². The van der Waals surface area contributed by atoms with E-state index < -0.39 is 0 Å². The Hall–Kier alpha value is -3.67. The van der Waals surface area contributed by atoms with Crippen LogP contribution in [0.15, 0.2) is 73.4 Å². The van der Waals surface area contributed by atoms with Crippen molar-refractivity contribution >= 4 is 5.95 Å². The van der Waals surface area contributed by atoms with Crippen LogP contribution in [0.2, 0.25) is 0 Å². The first-order valence-corrected chi connectivity index (χ1v) is 9.41. The molecule has 4 rings (SSSR count). The number of aryl methyl sites for hydroxylation is 1. The lowest BCUT2D eigenvalue weighted by atomic mass is 9.88. The van der Waals surface area contributed by atoms with E-state index in [1.165, 1.54) is 5.56 Å². The fourth-order valence-corrected chi connectivity index (χ4v) is 3.46. The maximum atomic E-state index is 6.01. The highest BCUT2D eigenvalue weighted by atomic mass is 16.5. The molecule has 0 aliphatic heterocycles.